The van der Waals surface area contributed by atoms with Crippen LogP contribution in [-0.4, -0.2) is 15.9 Å². The number of nitrogens with one attached hydrogen (secondary N) is 1. The summed E-state index contributed by atoms with van der Waals surface area (Å²) in [6.07, 6.45) is 4.59. The summed E-state index contributed by atoms with van der Waals surface area (Å²) in [7, 11) is 0. The van der Waals surface area contributed by atoms with Gasteiger partial charge in [-0.1, -0.05) is 0 Å². The fraction of sp³-hybridized carbons (Fsp3) is 0. The van der Waals surface area contributed by atoms with Gasteiger partial charge in [0.1, 0.15) is 5.52 Å². The lowest BCUT2D eigenvalue weighted by Gasteiger charge is -2.03. The zero-order valence-electron chi connectivity index (χ0n) is 9.33. The van der Waals surface area contributed by atoms with Gasteiger partial charge in [0.2, 0.25) is 0 Å². The molecule has 0 aliphatic carbocycles. The number of carbonyl (C=O) groups excluding carboxylic acids is 1. The molecular formula is C13H9N3O2. The molecule has 1 amide bonds. The molecule has 88 valence electrons. The Kier molecular flexibility index (Phi) is 2.49. The molecule has 2 aromatic heterocycles. The van der Waals surface area contributed by atoms with Crippen LogP contribution in [0.4, 0.5) is 5.69 Å². The number of rotatable bonds is 2. The summed E-state index contributed by atoms with van der Waals surface area (Å²) in [4.78, 5) is 19.9. The number of benzene rings is 1. The third-order valence-corrected chi connectivity index (χ3v) is 2.51. The summed E-state index contributed by atoms with van der Waals surface area (Å²) in [5, 5.41) is 2.76. The molecule has 0 spiro atoms. The fourth-order valence-electron chi connectivity index (χ4n) is 1.64. The number of aromatic nitrogens is 2. The molecule has 0 radical (unpaired) electrons. The van der Waals surface area contributed by atoms with E-state index in [2.05, 4.69) is 15.3 Å². The molecule has 0 saturated heterocycles. The van der Waals surface area contributed by atoms with Gasteiger partial charge in [0.05, 0.1) is 11.9 Å². The van der Waals surface area contributed by atoms with E-state index in [0.717, 1.165) is 0 Å². The summed E-state index contributed by atoms with van der Waals surface area (Å²) < 4.78 is 5.12. The van der Waals surface area contributed by atoms with Gasteiger partial charge in [-0.2, -0.15) is 0 Å². The summed E-state index contributed by atoms with van der Waals surface area (Å²) in [6, 6.07) is 8.64. The number of nitrogens with zero attached hydrogens (tertiary/aromatic N) is 2. The Morgan fingerprint density at radius 1 is 1.28 bits per heavy atom. The lowest BCUT2D eigenvalue weighted by atomic mass is 10.2. The van der Waals surface area contributed by atoms with Crippen LogP contribution in [0.3, 0.4) is 0 Å². The molecule has 3 aromatic rings. The van der Waals surface area contributed by atoms with Gasteiger partial charge < -0.3 is 9.73 Å². The second kappa shape index (κ2) is 4.29. The van der Waals surface area contributed by atoms with Crippen molar-refractivity contribution in [3.63, 3.8) is 0 Å². The highest BCUT2D eigenvalue weighted by Crippen LogP contribution is 2.15. The van der Waals surface area contributed by atoms with Gasteiger partial charge in [-0.05, 0) is 30.3 Å². The Balaban J connectivity index is 1.87. The Bertz CT molecular complexity index is 692. The summed E-state index contributed by atoms with van der Waals surface area (Å²) in [5.74, 6) is -0.201. The standard InChI is InChI=1S/C13H9N3O2/c17-13(16-10-2-1-5-14-7-10)9-3-4-12-11(6-9)15-8-18-12/h1-8H,(H,16,17). The number of hydrogen-bond acceptors (Lipinski definition) is 4. The van der Waals surface area contributed by atoms with Crippen molar-refractivity contribution in [1.82, 2.24) is 9.97 Å². The zero-order chi connectivity index (χ0) is 12.4. The van der Waals surface area contributed by atoms with Gasteiger partial charge in [-0.25, -0.2) is 4.98 Å². The van der Waals surface area contributed by atoms with Crippen LogP contribution in [0, 0.1) is 0 Å². The summed E-state index contributed by atoms with van der Waals surface area (Å²) in [5.41, 5.74) is 2.50. The van der Waals surface area contributed by atoms with Crippen LogP contribution in [-0.2, 0) is 0 Å². The minimum Gasteiger partial charge on any atom is -0.443 e. The molecule has 0 aliphatic heterocycles. The highest BCUT2D eigenvalue weighted by molar-refractivity contribution is 6.05. The molecule has 0 fully saturated rings. The molecule has 5 heteroatoms. The Morgan fingerprint density at radius 2 is 2.22 bits per heavy atom. The molecule has 5 nitrogen and oxygen atoms in total. The second-order valence-electron chi connectivity index (χ2n) is 3.73. The first kappa shape index (κ1) is 10.5. The molecule has 0 saturated carbocycles. The number of fused-ring (bicyclic) bond motifs is 1. The van der Waals surface area contributed by atoms with Crippen molar-refractivity contribution in [2.24, 2.45) is 0 Å². The third kappa shape index (κ3) is 1.93. The van der Waals surface area contributed by atoms with Gasteiger partial charge in [-0.3, -0.25) is 9.78 Å². The Labute approximate surface area is 102 Å². The van der Waals surface area contributed by atoms with E-state index in [0.29, 0.717) is 22.4 Å². The summed E-state index contributed by atoms with van der Waals surface area (Å²) >= 11 is 0. The molecule has 1 aromatic carbocycles. The van der Waals surface area contributed by atoms with Gasteiger partial charge >= 0.3 is 0 Å². The van der Waals surface area contributed by atoms with Crippen LogP contribution >= 0.6 is 0 Å². The van der Waals surface area contributed by atoms with Crippen molar-refractivity contribution in [1.29, 1.82) is 0 Å². The number of amides is 1. The monoisotopic (exact) mass is 239 g/mol. The molecule has 0 aliphatic rings. The van der Waals surface area contributed by atoms with Crippen LogP contribution < -0.4 is 5.32 Å². The molecule has 0 bridgehead atoms. The minimum atomic E-state index is -0.201. The maximum atomic E-state index is 12.0. The number of oxazole rings is 1. The van der Waals surface area contributed by atoms with Crippen LogP contribution in [0.1, 0.15) is 10.4 Å². The molecule has 18 heavy (non-hydrogen) atoms. The van der Waals surface area contributed by atoms with E-state index in [1.165, 1.54) is 6.39 Å². The maximum absolute atomic E-state index is 12.0. The molecule has 0 unspecified atom stereocenters. The maximum Gasteiger partial charge on any atom is 0.255 e. The van der Waals surface area contributed by atoms with Crippen molar-refractivity contribution in [2.75, 3.05) is 5.32 Å². The van der Waals surface area contributed by atoms with E-state index in [9.17, 15) is 4.79 Å². The minimum absolute atomic E-state index is 0.201. The van der Waals surface area contributed by atoms with Crippen LogP contribution in [0.15, 0.2) is 53.5 Å². The molecule has 1 N–H and O–H groups in total. The zero-order valence-corrected chi connectivity index (χ0v) is 9.33. The first-order valence-corrected chi connectivity index (χ1v) is 5.37. The van der Waals surface area contributed by atoms with Crippen LogP contribution in [0.25, 0.3) is 11.1 Å². The highest BCUT2D eigenvalue weighted by atomic mass is 16.3. The first-order chi connectivity index (χ1) is 8.83. The average molecular weight is 239 g/mol. The predicted octanol–water partition coefficient (Wildman–Crippen LogP) is 2.48. The number of carbonyl (C=O) groups is 1. The van der Waals surface area contributed by atoms with Crippen molar-refractivity contribution in [3.8, 4) is 0 Å². The fourth-order valence-corrected chi connectivity index (χ4v) is 1.64. The van der Waals surface area contributed by atoms with Crippen molar-refractivity contribution < 1.29 is 9.21 Å². The molecule has 2 heterocycles. The van der Waals surface area contributed by atoms with E-state index in [4.69, 9.17) is 4.42 Å². The van der Waals surface area contributed by atoms with Crippen LogP contribution in [0.2, 0.25) is 0 Å². The number of pyridine rings is 1. The van der Waals surface area contributed by atoms with Gasteiger partial charge in [-0.15, -0.1) is 0 Å². The lowest BCUT2D eigenvalue weighted by Crippen LogP contribution is -2.11. The average Bonchev–Trinajstić information content (AvgIpc) is 2.87. The van der Waals surface area contributed by atoms with E-state index in [1.54, 1.807) is 42.7 Å². The molecular weight excluding hydrogens is 230 g/mol. The second-order valence-corrected chi connectivity index (χ2v) is 3.73. The van der Waals surface area contributed by atoms with Gasteiger partial charge in [0.25, 0.3) is 5.91 Å². The van der Waals surface area contributed by atoms with Crippen molar-refractivity contribution in [3.05, 3.63) is 54.7 Å². The van der Waals surface area contributed by atoms with E-state index in [1.807, 2.05) is 0 Å². The molecule has 3 rings (SSSR count). The summed E-state index contributed by atoms with van der Waals surface area (Å²) in [6.45, 7) is 0. The van der Waals surface area contributed by atoms with Gasteiger partial charge in [0, 0.05) is 11.8 Å². The van der Waals surface area contributed by atoms with E-state index < -0.39 is 0 Å². The Morgan fingerprint density at radius 3 is 3.06 bits per heavy atom. The van der Waals surface area contributed by atoms with Crippen LogP contribution in [0.5, 0.6) is 0 Å². The third-order valence-electron chi connectivity index (χ3n) is 2.51. The van der Waals surface area contributed by atoms with Crippen molar-refractivity contribution >= 4 is 22.7 Å². The largest absolute Gasteiger partial charge is 0.443 e. The lowest BCUT2D eigenvalue weighted by molar-refractivity contribution is 0.102. The van der Waals surface area contributed by atoms with E-state index >= 15 is 0 Å². The van der Waals surface area contributed by atoms with Crippen molar-refractivity contribution in [2.45, 2.75) is 0 Å². The predicted molar refractivity (Wildman–Crippen MR) is 66.2 cm³/mol. The molecule has 0 atom stereocenters. The first-order valence-electron chi connectivity index (χ1n) is 5.37. The highest BCUT2D eigenvalue weighted by Gasteiger charge is 2.08. The quantitative estimate of drug-likeness (QED) is 0.745. The SMILES string of the molecule is O=C(Nc1cccnc1)c1ccc2ocnc2c1. The smallest absolute Gasteiger partial charge is 0.255 e. The topological polar surface area (TPSA) is 68.0 Å². The normalized spacial score (nSPS) is 10.4. The van der Waals surface area contributed by atoms with Gasteiger partial charge in [0.15, 0.2) is 12.0 Å². The number of hydrogen-bond donors (Lipinski definition) is 1. The number of anilines is 1. The Hall–Kier alpha value is -2.69. The van der Waals surface area contributed by atoms with E-state index in [-0.39, 0.29) is 5.91 Å².